The molecule has 0 radical (unpaired) electrons. The van der Waals surface area contributed by atoms with Crippen molar-refractivity contribution in [3.05, 3.63) is 28.3 Å². The van der Waals surface area contributed by atoms with E-state index in [-0.39, 0.29) is 21.0 Å². The lowest BCUT2D eigenvalue weighted by Crippen LogP contribution is -2.33. The van der Waals surface area contributed by atoms with Gasteiger partial charge in [-0.1, -0.05) is 11.6 Å². The van der Waals surface area contributed by atoms with Gasteiger partial charge in [0.2, 0.25) is 5.91 Å². The van der Waals surface area contributed by atoms with E-state index in [4.69, 9.17) is 22.4 Å². The fourth-order valence-corrected chi connectivity index (χ4v) is 3.31. The first-order chi connectivity index (χ1) is 8.59. The van der Waals surface area contributed by atoms with Gasteiger partial charge in [-0.2, -0.15) is 0 Å². The summed E-state index contributed by atoms with van der Waals surface area (Å²) < 4.78 is 24.3. The van der Waals surface area contributed by atoms with Crippen molar-refractivity contribution in [3.8, 4) is 0 Å². The topological polar surface area (TPSA) is 115 Å². The summed E-state index contributed by atoms with van der Waals surface area (Å²) in [4.78, 5) is 21.7. The van der Waals surface area contributed by atoms with Crippen molar-refractivity contribution in [2.45, 2.75) is 24.0 Å². The highest BCUT2D eigenvalue weighted by Crippen LogP contribution is 2.27. The molecule has 0 saturated heterocycles. The molecule has 1 amide bonds. The summed E-state index contributed by atoms with van der Waals surface area (Å²) in [5.41, 5.74) is 4.76. The van der Waals surface area contributed by atoms with Crippen molar-refractivity contribution in [1.82, 2.24) is 0 Å². The van der Waals surface area contributed by atoms with Crippen molar-refractivity contribution < 1.29 is 23.1 Å². The summed E-state index contributed by atoms with van der Waals surface area (Å²) in [7, 11) is -4.07. The Morgan fingerprint density at radius 3 is 2.32 bits per heavy atom. The molecule has 0 aliphatic carbocycles. The van der Waals surface area contributed by atoms with Crippen molar-refractivity contribution in [2.75, 3.05) is 0 Å². The highest BCUT2D eigenvalue weighted by Gasteiger charge is 2.31. The summed E-state index contributed by atoms with van der Waals surface area (Å²) in [5.74, 6) is -2.32. The van der Waals surface area contributed by atoms with Gasteiger partial charge in [-0.25, -0.2) is 13.2 Å². The molecule has 0 fully saturated rings. The molecule has 1 aromatic rings. The van der Waals surface area contributed by atoms with E-state index in [2.05, 4.69) is 0 Å². The zero-order valence-corrected chi connectivity index (χ0v) is 11.7. The lowest BCUT2D eigenvalue weighted by molar-refractivity contribution is -0.117. The number of carboxylic acids is 1. The molecule has 6 nitrogen and oxygen atoms in total. The molecule has 0 aliphatic rings. The monoisotopic (exact) mass is 305 g/mol. The third-order valence-corrected chi connectivity index (χ3v) is 5.15. The molecule has 8 heteroatoms. The van der Waals surface area contributed by atoms with Crippen LogP contribution in [0.15, 0.2) is 17.0 Å². The summed E-state index contributed by atoms with van der Waals surface area (Å²) >= 11 is 5.71. The van der Waals surface area contributed by atoms with Gasteiger partial charge in [-0.05, 0) is 31.5 Å². The van der Waals surface area contributed by atoms with Gasteiger partial charge in [-0.3, -0.25) is 4.79 Å². The number of amides is 1. The number of nitrogens with two attached hydrogens (primary N) is 1. The van der Waals surface area contributed by atoms with Crippen LogP contribution in [-0.2, 0) is 14.6 Å². The van der Waals surface area contributed by atoms with Crippen molar-refractivity contribution >= 4 is 33.3 Å². The quantitative estimate of drug-likeness (QED) is 0.861. The van der Waals surface area contributed by atoms with Gasteiger partial charge in [0.1, 0.15) is 5.25 Å². The molecule has 0 aliphatic heterocycles. The van der Waals surface area contributed by atoms with Crippen LogP contribution in [0.1, 0.15) is 22.8 Å². The average molecular weight is 306 g/mol. The molecular formula is C11H12ClNO5S. The molecule has 1 rings (SSSR count). The number of carboxylic acid groups (broad SMARTS) is 1. The number of sulfone groups is 1. The van der Waals surface area contributed by atoms with Gasteiger partial charge in [-0.15, -0.1) is 0 Å². The fourth-order valence-electron chi connectivity index (χ4n) is 1.52. The second kappa shape index (κ2) is 5.18. The first-order valence-corrected chi connectivity index (χ1v) is 7.08. The lowest BCUT2D eigenvalue weighted by atomic mass is 10.1. The van der Waals surface area contributed by atoms with Crippen LogP contribution in [0.2, 0.25) is 5.02 Å². The Morgan fingerprint density at radius 2 is 1.89 bits per heavy atom. The van der Waals surface area contributed by atoms with Gasteiger partial charge >= 0.3 is 5.97 Å². The average Bonchev–Trinajstić information content (AvgIpc) is 2.29. The standard InChI is InChI=1S/C11H12ClNO5S/c1-5-8(11(15)16)3-7(12)4-9(5)19(17,18)6(2)10(13)14/h3-4,6H,1-2H3,(H2,13,14)(H,15,16). The van der Waals surface area contributed by atoms with Crippen LogP contribution in [0, 0.1) is 6.92 Å². The van der Waals surface area contributed by atoms with Gasteiger partial charge in [0.15, 0.2) is 9.84 Å². The summed E-state index contributed by atoms with van der Waals surface area (Å²) in [6.45, 7) is 2.47. The molecule has 0 aromatic heterocycles. The SMILES string of the molecule is Cc1c(C(=O)O)cc(Cl)cc1S(=O)(=O)C(C)C(N)=O. The second-order valence-corrected chi connectivity index (χ2v) is 6.64. The summed E-state index contributed by atoms with van der Waals surface area (Å²) in [6, 6.07) is 2.26. The number of rotatable bonds is 4. The smallest absolute Gasteiger partial charge is 0.336 e. The minimum absolute atomic E-state index is 0.0185. The molecule has 1 aromatic carbocycles. The normalized spacial score (nSPS) is 13.0. The van der Waals surface area contributed by atoms with Gasteiger partial charge in [0.25, 0.3) is 0 Å². The van der Waals surface area contributed by atoms with E-state index in [0.717, 1.165) is 19.1 Å². The minimum Gasteiger partial charge on any atom is -0.478 e. The zero-order chi connectivity index (χ0) is 15.0. The minimum atomic E-state index is -4.07. The number of carbonyl (C=O) groups excluding carboxylic acids is 1. The van der Waals surface area contributed by atoms with Crippen LogP contribution in [0.25, 0.3) is 0 Å². The fraction of sp³-hybridized carbons (Fsp3) is 0.273. The number of aromatic carboxylic acids is 1. The predicted octanol–water partition coefficient (Wildman–Crippen LogP) is 0.994. The first kappa shape index (κ1) is 15.5. The Bertz CT molecular complexity index is 653. The highest BCUT2D eigenvalue weighted by atomic mass is 35.5. The molecule has 19 heavy (non-hydrogen) atoms. The Morgan fingerprint density at radius 1 is 1.37 bits per heavy atom. The number of primary amides is 1. The van der Waals surface area contributed by atoms with Crippen LogP contribution in [0.3, 0.4) is 0 Å². The van der Waals surface area contributed by atoms with E-state index in [1.165, 1.54) is 6.92 Å². The molecule has 0 spiro atoms. The number of hydrogen-bond acceptors (Lipinski definition) is 4. The van der Waals surface area contributed by atoms with E-state index in [1.54, 1.807) is 0 Å². The molecule has 3 N–H and O–H groups in total. The Hall–Kier alpha value is -1.60. The van der Waals surface area contributed by atoms with E-state index in [0.29, 0.717) is 0 Å². The Labute approximate surface area is 115 Å². The molecular weight excluding hydrogens is 294 g/mol. The molecule has 0 saturated carbocycles. The number of hydrogen-bond donors (Lipinski definition) is 2. The van der Waals surface area contributed by atoms with E-state index >= 15 is 0 Å². The zero-order valence-electron chi connectivity index (χ0n) is 10.2. The van der Waals surface area contributed by atoms with E-state index in [1.807, 2.05) is 0 Å². The van der Waals surface area contributed by atoms with Crippen LogP contribution < -0.4 is 5.73 Å². The molecule has 0 bridgehead atoms. The van der Waals surface area contributed by atoms with Crippen molar-refractivity contribution in [3.63, 3.8) is 0 Å². The maximum Gasteiger partial charge on any atom is 0.336 e. The summed E-state index contributed by atoms with van der Waals surface area (Å²) in [5, 5.41) is 7.47. The molecule has 1 unspecified atom stereocenters. The first-order valence-electron chi connectivity index (χ1n) is 5.15. The van der Waals surface area contributed by atoms with E-state index < -0.39 is 27.0 Å². The Balaban J connectivity index is 3.61. The second-order valence-electron chi connectivity index (χ2n) is 3.97. The maximum atomic E-state index is 12.2. The molecule has 0 heterocycles. The predicted molar refractivity (Wildman–Crippen MR) is 69.0 cm³/mol. The number of halogens is 1. The van der Waals surface area contributed by atoms with Crippen molar-refractivity contribution in [2.24, 2.45) is 5.73 Å². The van der Waals surface area contributed by atoms with E-state index in [9.17, 15) is 18.0 Å². The van der Waals surface area contributed by atoms with Crippen LogP contribution in [0.5, 0.6) is 0 Å². The molecule has 1 atom stereocenters. The third-order valence-electron chi connectivity index (χ3n) is 2.73. The van der Waals surface area contributed by atoms with Gasteiger partial charge < -0.3 is 10.8 Å². The van der Waals surface area contributed by atoms with Gasteiger partial charge in [0.05, 0.1) is 10.5 Å². The number of carbonyl (C=O) groups is 2. The van der Waals surface area contributed by atoms with Crippen molar-refractivity contribution in [1.29, 1.82) is 0 Å². The molecule has 104 valence electrons. The highest BCUT2D eigenvalue weighted by molar-refractivity contribution is 7.92. The third kappa shape index (κ3) is 2.87. The van der Waals surface area contributed by atoms with Crippen LogP contribution in [-0.4, -0.2) is 30.7 Å². The van der Waals surface area contributed by atoms with Crippen LogP contribution >= 0.6 is 11.6 Å². The largest absolute Gasteiger partial charge is 0.478 e. The van der Waals surface area contributed by atoms with Crippen LogP contribution in [0.4, 0.5) is 0 Å². The number of benzene rings is 1. The lowest BCUT2D eigenvalue weighted by Gasteiger charge is -2.14. The Kier molecular flexibility index (Phi) is 4.21. The van der Waals surface area contributed by atoms with Gasteiger partial charge in [0, 0.05) is 5.02 Å². The maximum absolute atomic E-state index is 12.2. The summed E-state index contributed by atoms with van der Waals surface area (Å²) in [6.07, 6.45) is 0.